The maximum Gasteiger partial charge on any atom is 0.250 e. The summed E-state index contributed by atoms with van der Waals surface area (Å²) < 4.78 is 5.60. The van der Waals surface area contributed by atoms with Gasteiger partial charge in [-0.15, -0.1) is 0 Å². The molecule has 28 heavy (non-hydrogen) atoms. The zero-order chi connectivity index (χ0) is 20.1. The Bertz CT molecular complexity index is 826. The molecule has 0 spiro atoms. The van der Waals surface area contributed by atoms with Crippen molar-refractivity contribution in [2.75, 3.05) is 57.7 Å². The van der Waals surface area contributed by atoms with Crippen LogP contribution in [0.4, 0.5) is 11.6 Å². The SMILES string of the molecule is CO[C@H]1C[C@@H](CN(C)C)N(c2cc(N(C)CCc3nccc(=O)[nH]3)ncn2)C1. The zero-order valence-electron chi connectivity index (χ0n) is 17.0. The molecule has 0 aromatic carbocycles. The molecule has 1 aliphatic rings. The van der Waals surface area contributed by atoms with Crippen LogP contribution in [0.5, 0.6) is 0 Å². The molecule has 0 radical (unpaired) electrons. The van der Waals surface area contributed by atoms with Crippen molar-refractivity contribution in [1.82, 2.24) is 24.8 Å². The maximum absolute atomic E-state index is 11.4. The third-order valence-electron chi connectivity index (χ3n) is 5.02. The first-order valence-corrected chi connectivity index (χ1v) is 9.48. The van der Waals surface area contributed by atoms with Crippen LogP contribution in [0, 0.1) is 0 Å². The Balaban J connectivity index is 1.70. The number of ether oxygens (including phenoxy) is 1. The Morgan fingerprint density at radius 1 is 1.29 bits per heavy atom. The fraction of sp³-hybridized carbons (Fsp3) is 0.579. The number of anilines is 2. The number of hydrogen-bond donors (Lipinski definition) is 1. The zero-order valence-corrected chi connectivity index (χ0v) is 17.0. The summed E-state index contributed by atoms with van der Waals surface area (Å²) in [6, 6.07) is 3.78. The summed E-state index contributed by atoms with van der Waals surface area (Å²) in [7, 11) is 7.91. The van der Waals surface area contributed by atoms with E-state index in [4.69, 9.17) is 4.74 Å². The number of aromatic amines is 1. The third kappa shape index (κ3) is 5.05. The highest BCUT2D eigenvalue weighted by Gasteiger charge is 2.33. The van der Waals surface area contributed by atoms with Crippen LogP contribution in [0.25, 0.3) is 0 Å². The van der Waals surface area contributed by atoms with Gasteiger partial charge in [0, 0.05) is 64.6 Å². The molecule has 152 valence electrons. The van der Waals surface area contributed by atoms with Crippen molar-refractivity contribution < 1.29 is 4.74 Å². The molecule has 2 aromatic rings. The van der Waals surface area contributed by atoms with Crippen molar-refractivity contribution in [2.24, 2.45) is 0 Å². The van der Waals surface area contributed by atoms with Gasteiger partial charge in [0.15, 0.2) is 0 Å². The van der Waals surface area contributed by atoms with Crippen LogP contribution >= 0.6 is 0 Å². The highest BCUT2D eigenvalue weighted by Crippen LogP contribution is 2.27. The van der Waals surface area contributed by atoms with Gasteiger partial charge in [-0.2, -0.15) is 0 Å². The molecule has 0 amide bonds. The van der Waals surface area contributed by atoms with Gasteiger partial charge < -0.3 is 24.4 Å². The van der Waals surface area contributed by atoms with Crippen LogP contribution < -0.4 is 15.4 Å². The van der Waals surface area contributed by atoms with Gasteiger partial charge in [-0.25, -0.2) is 15.0 Å². The number of H-pyrrole nitrogens is 1. The number of likely N-dealkylation sites (N-methyl/N-ethyl adjacent to an activating group) is 2. The van der Waals surface area contributed by atoms with Crippen molar-refractivity contribution in [3.63, 3.8) is 0 Å². The molecule has 0 unspecified atom stereocenters. The van der Waals surface area contributed by atoms with Crippen LogP contribution in [0.3, 0.4) is 0 Å². The van der Waals surface area contributed by atoms with Crippen LogP contribution in [-0.4, -0.2) is 84.9 Å². The number of aromatic nitrogens is 4. The number of methoxy groups -OCH3 is 1. The molecule has 0 bridgehead atoms. The molecule has 0 saturated carbocycles. The molecule has 1 N–H and O–H groups in total. The van der Waals surface area contributed by atoms with E-state index in [9.17, 15) is 4.79 Å². The van der Waals surface area contributed by atoms with E-state index in [-0.39, 0.29) is 11.7 Å². The van der Waals surface area contributed by atoms with Crippen molar-refractivity contribution in [3.05, 3.63) is 40.8 Å². The third-order valence-corrected chi connectivity index (χ3v) is 5.02. The number of nitrogens with one attached hydrogen (secondary N) is 1. The molecule has 2 atom stereocenters. The lowest BCUT2D eigenvalue weighted by molar-refractivity contribution is 0.117. The fourth-order valence-electron chi connectivity index (χ4n) is 3.55. The minimum atomic E-state index is -0.134. The predicted octanol–water partition coefficient (Wildman–Crippen LogP) is 0.394. The Kier molecular flexibility index (Phi) is 6.58. The lowest BCUT2D eigenvalue weighted by Gasteiger charge is -2.28. The lowest BCUT2D eigenvalue weighted by Crippen LogP contribution is -2.38. The van der Waals surface area contributed by atoms with Crippen molar-refractivity contribution in [2.45, 2.75) is 25.0 Å². The van der Waals surface area contributed by atoms with Crippen LogP contribution in [-0.2, 0) is 11.2 Å². The molecular formula is C19H29N7O2. The van der Waals surface area contributed by atoms with Crippen molar-refractivity contribution in [3.8, 4) is 0 Å². The molecule has 2 aromatic heterocycles. The second kappa shape index (κ2) is 9.11. The Labute approximate surface area is 165 Å². The topological polar surface area (TPSA) is 90.5 Å². The van der Waals surface area contributed by atoms with E-state index in [2.05, 4.69) is 43.8 Å². The second-order valence-corrected chi connectivity index (χ2v) is 7.45. The van der Waals surface area contributed by atoms with Gasteiger partial charge in [0.2, 0.25) is 0 Å². The van der Waals surface area contributed by atoms with E-state index < -0.39 is 0 Å². The van der Waals surface area contributed by atoms with E-state index in [0.29, 0.717) is 24.8 Å². The Morgan fingerprint density at radius 3 is 2.82 bits per heavy atom. The number of hydrogen-bond acceptors (Lipinski definition) is 8. The fourth-order valence-corrected chi connectivity index (χ4v) is 3.55. The van der Waals surface area contributed by atoms with Crippen LogP contribution in [0.15, 0.2) is 29.5 Å². The van der Waals surface area contributed by atoms with E-state index in [1.165, 1.54) is 12.3 Å². The van der Waals surface area contributed by atoms with Gasteiger partial charge >= 0.3 is 0 Å². The predicted molar refractivity (Wildman–Crippen MR) is 109 cm³/mol. The average Bonchev–Trinajstić information content (AvgIpc) is 3.08. The standard InChI is InChI=1S/C19H29N7O2/c1-24(2)11-14-9-15(28-4)12-26(14)18-10-17(21-13-22-18)25(3)8-6-16-20-7-5-19(27)23-16/h5,7,10,13-15H,6,8-9,11-12H2,1-4H3,(H,20,23,27)/t14-,15-/m0/s1. The average molecular weight is 387 g/mol. The van der Waals surface area contributed by atoms with Crippen molar-refractivity contribution >= 4 is 11.6 Å². The van der Waals surface area contributed by atoms with Crippen molar-refractivity contribution in [1.29, 1.82) is 0 Å². The lowest BCUT2D eigenvalue weighted by atomic mass is 10.2. The van der Waals surface area contributed by atoms with Gasteiger partial charge in [-0.05, 0) is 20.5 Å². The summed E-state index contributed by atoms with van der Waals surface area (Å²) >= 11 is 0. The van der Waals surface area contributed by atoms with E-state index in [1.54, 1.807) is 13.4 Å². The summed E-state index contributed by atoms with van der Waals surface area (Å²) in [6.45, 7) is 2.46. The monoisotopic (exact) mass is 387 g/mol. The van der Waals surface area contributed by atoms with Gasteiger partial charge in [0.25, 0.3) is 5.56 Å². The van der Waals surface area contributed by atoms with E-state index in [0.717, 1.165) is 31.1 Å². The molecule has 3 rings (SSSR count). The Morgan fingerprint density at radius 2 is 2.11 bits per heavy atom. The summed E-state index contributed by atoms with van der Waals surface area (Å²) in [5.41, 5.74) is -0.134. The highest BCUT2D eigenvalue weighted by atomic mass is 16.5. The number of rotatable bonds is 8. The largest absolute Gasteiger partial charge is 0.380 e. The maximum atomic E-state index is 11.4. The first-order chi connectivity index (χ1) is 13.5. The van der Waals surface area contributed by atoms with E-state index in [1.807, 2.05) is 18.0 Å². The summed E-state index contributed by atoms with van der Waals surface area (Å²) in [5.74, 6) is 2.42. The quantitative estimate of drug-likeness (QED) is 0.696. The molecule has 1 fully saturated rings. The molecule has 1 saturated heterocycles. The normalized spacial score (nSPS) is 19.4. The van der Waals surface area contributed by atoms with Gasteiger partial charge in [-0.1, -0.05) is 0 Å². The smallest absolute Gasteiger partial charge is 0.250 e. The molecule has 9 nitrogen and oxygen atoms in total. The molecular weight excluding hydrogens is 358 g/mol. The summed E-state index contributed by atoms with van der Waals surface area (Å²) in [6.07, 6.45) is 4.96. The minimum absolute atomic E-state index is 0.134. The molecule has 9 heteroatoms. The number of nitrogens with zero attached hydrogens (tertiary/aromatic N) is 6. The van der Waals surface area contributed by atoms with E-state index >= 15 is 0 Å². The van der Waals surface area contributed by atoms with Gasteiger partial charge in [0.05, 0.1) is 6.10 Å². The first kappa shape index (κ1) is 20.2. The minimum Gasteiger partial charge on any atom is -0.380 e. The van der Waals surface area contributed by atoms with Crippen LogP contribution in [0.1, 0.15) is 12.2 Å². The molecule has 0 aliphatic carbocycles. The first-order valence-electron chi connectivity index (χ1n) is 9.48. The second-order valence-electron chi connectivity index (χ2n) is 7.45. The summed E-state index contributed by atoms with van der Waals surface area (Å²) in [4.78, 5) is 33.8. The summed E-state index contributed by atoms with van der Waals surface area (Å²) in [5, 5.41) is 0. The molecule has 3 heterocycles. The molecule has 1 aliphatic heterocycles. The Hall–Kier alpha value is -2.52. The highest BCUT2D eigenvalue weighted by molar-refractivity contribution is 5.51. The van der Waals surface area contributed by atoms with Crippen LogP contribution in [0.2, 0.25) is 0 Å². The van der Waals surface area contributed by atoms with Gasteiger partial charge in [0.1, 0.15) is 23.8 Å². The van der Waals surface area contributed by atoms with Gasteiger partial charge in [-0.3, -0.25) is 4.79 Å².